The van der Waals surface area contributed by atoms with Crippen LogP contribution in [0.15, 0.2) is 82.8 Å². The van der Waals surface area contributed by atoms with Gasteiger partial charge in [-0.25, -0.2) is 0 Å². The molecule has 2 aliphatic rings. The number of ether oxygens (including phenoxy) is 4. The quantitative estimate of drug-likeness (QED) is 0.272. The number of aromatic amines is 2. The van der Waals surface area contributed by atoms with Crippen molar-refractivity contribution in [3.05, 3.63) is 111 Å². The molecule has 0 bridgehead atoms. The summed E-state index contributed by atoms with van der Waals surface area (Å²) in [6.45, 7) is 0.350. The van der Waals surface area contributed by atoms with Crippen molar-refractivity contribution in [3.63, 3.8) is 0 Å². The van der Waals surface area contributed by atoms with Gasteiger partial charge in [-0.3, -0.25) is 19.8 Å². The second-order valence-electron chi connectivity index (χ2n) is 10.1. The minimum absolute atomic E-state index is 0.0163. The van der Waals surface area contributed by atoms with E-state index in [2.05, 4.69) is 15.5 Å². The maximum atomic E-state index is 13.9. The number of Topliss-reactive ketones (excluding diaryl/α,β-unsaturated/α-hetero) is 1. The maximum Gasteiger partial charge on any atom is 0.270 e. The number of benzene rings is 3. The number of carbonyl (C=O) groups excluding carboxylic acids is 1. The van der Waals surface area contributed by atoms with E-state index in [-0.39, 0.29) is 17.3 Å². The van der Waals surface area contributed by atoms with Crippen molar-refractivity contribution < 1.29 is 23.7 Å². The number of fused-ring (bicyclic) bond motifs is 1. The second-order valence-corrected chi connectivity index (χ2v) is 10.1. The SMILES string of the molecule is COc1ccc(C2CC(=O)C3=C(C2)Nc2[nH][nH]c(=O)c2C3c2ccc(OC)c(OCc3ccccc3)c2)cc1OC. The van der Waals surface area contributed by atoms with E-state index in [4.69, 9.17) is 18.9 Å². The molecule has 9 nitrogen and oxygen atoms in total. The standard InChI is InChI=1S/C32H31N3O6/c1-38-24-11-9-19(15-26(24)40-3)21-13-22-29(23(36)14-21)28(30-31(33-22)34-35-32(30)37)20-10-12-25(39-2)27(16-20)41-17-18-7-5-4-6-8-18/h4-12,15-16,21,28H,13-14,17H2,1-3H3,(H3,33,34,35,37). The molecule has 9 heteroatoms. The lowest BCUT2D eigenvalue weighted by Crippen LogP contribution is -2.31. The minimum Gasteiger partial charge on any atom is -0.493 e. The summed E-state index contributed by atoms with van der Waals surface area (Å²) in [5.74, 6) is 2.26. The lowest BCUT2D eigenvalue weighted by Gasteiger charge is -2.34. The molecule has 4 aromatic rings. The molecule has 0 saturated heterocycles. The summed E-state index contributed by atoms with van der Waals surface area (Å²) in [7, 11) is 4.78. The molecule has 1 aliphatic carbocycles. The number of methoxy groups -OCH3 is 3. The lowest BCUT2D eigenvalue weighted by molar-refractivity contribution is -0.116. The van der Waals surface area contributed by atoms with Crippen LogP contribution in [-0.2, 0) is 11.4 Å². The smallest absolute Gasteiger partial charge is 0.270 e. The summed E-state index contributed by atoms with van der Waals surface area (Å²) in [4.78, 5) is 26.9. The Balaban J connectivity index is 1.39. The molecule has 0 fully saturated rings. The third-order valence-corrected chi connectivity index (χ3v) is 7.81. The predicted molar refractivity (Wildman–Crippen MR) is 154 cm³/mol. The van der Waals surface area contributed by atoms with Crippen LogP contribution in [0.3, 0.4) is 0 Å². The molecule has 3 N–H and O–H groups in total. The Kier molecular flexibility index (Phi) is 7.01. The van der Waals surface area contributed by atoms with Gasteiger partial charge in [-0.05, 0) is 53.3 Å². The normalized spacial score (nSPS) is 17.8. The summed E-state index contributed by atoms with van der Waals surface area (Å²) >= 11 is 0. The summed E-state index contributed by atoms with van der Waals surface area (Å²) in [5, 5.41) is 8.99. The van der Waals surface area contributed by atoms with E-state index in [0.717, 1.165) is 22.4 Å². The van der Waals surface area contributed by atoms with Crippen molar-refractivity contribution in [1.29, 1.82) is 0 Å². The van der Waals surface area contributed by atoms with Gasteiger partial charge in [0.25, 0.3) is 5.56 Å². The third-order valence-electron chi connectivity index (χ3n) is 7.81. The molecular formula is C32H31N3O6. The van der Waals surface area contributed by atoms with E-state index in [1.54, 1.807) is 21.3 Å². The van der Waals surface area contributed by atoms with Crippen molar-refractivity contribution in [2.24, 2.45) is 0 Å². The number of H-pyrrole nitrogens is 2. The Morgan fingerprint density at radius 2 is 1.44 bits per heavy atom. The number of anilines is 1. The molecule has 0 spiro atoms. The number of rotatable bonds is 8. The zero-order valence-corrected chi connectivity index (χ0v) is 23.1. The topological polar surface area (TPSA) is 115 Å². The fraction of sp³-hybridized carbons (Fsp3) is 0.250. The number of nitrogens with one attached hydrogen (secondary N) is 3. The molecule has 2 unspecified atom stereocenters. The number of aromatic nitrogens is 2. The van der Waals surface area contributed by atoms with Crippen LogP contribution in [0.25, 0.3) is 0 Å². The van der Waals surface area contributed by atoms with Crippen molar-refractivity contribution in [2.75, 3.05) is 26.6 Å². The van der Waals surface area contributed by atoms with Gasteiger partial charge in [0, 0.05) is 23.6 Å². The zero-order chi connectivity index (χ0) is 28.5. The monoisotopic (exact) mass is 553 g/mol. The van der Waals surface area contributed by atoms with E-state index in [0.29, 0.717) is 59.4 Å². The fourth-order valence-electron chi connectivity index (χ4n) is 5.82. The van der Waals surface area contributed by atoms with Gasteiger partial charge in [0.05, 0.1) is 26.9 Å². The van der Waals surface area contributed by atoms with Crippen LogP contribution < -0.4 is 29.8 Å². The highest BCUT2D eigenvalue weighted by atomic mass is 16.5. The molecule has 210 valence electrons. The van der Waals surface area contributed by atoms with Gasteiger partial charge in [-0.15, -0.1) is 0 Å². The van der Waals surface area contributed by atoms with Gasteiger partial charge in [0.1, 0.15) is 12.4 Å². The van der Waals surface area contributed by atoms with Crippen LogP contribution in [-0.4, -0.2) is 37.3 Å². The first-order valence-electron chi connectivity index (χ1n) is 13.4. The van der Waals surface area contributed by atoms with Gasteiger partial charge in [0.2, 0.25) is 0 Å². The summed E-state index contributed by atoms with van der Waals surface area (Å²) < 4.78 is 22.6. The van der Waals surface area contributed by atoms with E-state index >= 15 is 0 Å². The number of hydrogen-bond acceptors (Lipinski definition) is 7. The Morgan fingerprint density at radius 3 is 2.17 bits per heavy atom. The van der Waals surface area contributed by atoms with Gasteiger partial charge in [0.15, 0.2) is 28.8 Å². The van der Waals surface area contributed by atoms with Gasteiger partial charge in [-0.1, -0.05) is 42.5 Å². The Labute approximate surface area is 237 Å². The highest BCUT2D eigenvalue weighted by Crippen LogP contribution is 2.48. The Bertz CT molecular complexity index is 1690. The van der Waals surface area contributed by atoms with Crippen LogP contribution in [0.2, 0.25) is 0 Å². The average Bonchev–Trinajstić information content (AvgIpc) is 3.38. The zero-order valence-electron chi connectivity index (χ0n) is 23.1. The predicted octanol–water partition coefficient (Wildman–Crippen LogP) is 5.27. The molecule has 0 saturated carbocycles. The molecule has 2 atom stereocenters. The first kappa shape index (κ1) is 26.3. The van der Waals surface area contributed by atoms with Crippen molar-refractivity contribution in [1.82, 2.24) is 10.2 Å². The Morgan fingerprint density at radius 1 is 0.756 bits per heavy atom. The van der Waals surface area contributed by atoms with Crippen LogP contribution in [0.5, 0.6) is 23.0 Å². The second kappa shape index (κ2) is 10.9. The van der Waals surface area contributed by atoms with Gasteiger partial charge < -0.3 is 24.3 Å². The molecule has 1 aromatic heterocycles. The first-order valence-corrected chi connectivity index (χ1v) is 13.4. The van der Waals surface area contributed by atoms with E-state index in [1.165, 1.54) is 0 Å². The molecule has 3 aromatic carbocycles. The number of hydrogen-bond donors (Lipinski definition) is 3. The average molecular weight is 554 g/mol. The van der Waals surface area contributed by atoms with Crippen LogP contribution in [0.4, 0.5) is 5.82 Å². The molecule has 1 aliphatic heterocycles. The highest BCUT2D eigenvalue weighted by molar-refractivity contribution is 6.01. The molecule has 0 radical (unpaired) electrons. The highest BCUT2D eigenvalue weighted by Gasteiger charge is 2.41. The molecule has 6 rings (SSSR count). The van der Waals surface area contributed by atoms with Crippen molar-refractivity contribution >= 4 is 11.6 Å². The lowest BCUT2D eigenvalue weighted by atomic mass is 9.72. The minimum atomic E-state index is -0.569. The largest absolute Gasteiger partial charge is 0.493 e. The third kappa shape index (κ3) is 4.84. The van der Waals surface area contributed by atoms with Crippen LogP contribution in [0, 0.1) is 0 Å². The summed E-state index contributed by atoms with van der Waals surface area (Å²) in [6, 6.07) is 21.2. The van der Waals surface area contributed by atoms with E-state index in [1.807, 2.05) is 66.7 Å². The van der Waals surface area contributed by atoms with Crippen molar-refractivity contribution in [3.8, 4) is 23.0 Å². The van der Waals surface area contributed by atoms with Gasteiger partial charge in [-0.2, -0.15) is 0 Å². The molecule has 41 heavy (non-hydrogen) atoms. The number of allylic oxidation sites excluding steroid dienone is 2. The molecule has 0 amide bonds. The van der Waals surface area contributed by atoms with Gasteiger partial charge >= 0.3 is 0 Å². The number of ketones is 1. The molecular weight excluding hydrogens is 522 g/mol. The number of carbonyl (C=O) groups is 1. The van der Waals surface area contributed by atoms with Crippen LogP contribution >= 0.6 is 0 Å². The van der Waals surface area contributed by atoms with E-state index < -0.39 is 5.92 Å². The van der Waals surface area contributed by atoms with Crippen LogP contribution in [0.1, 0.15) is 46.9 Å². The van der Waals surface area contributed by atoms with Crippen molar-refractivity contribution in [2.45, 2.75) is 31.3 Å². The summed E-state index contributed by atoms with van der Waals surface area (Å²) in [5.41, 5.74) is 4.35. The molecule has 2 heterocycles. The maximum absolute atomic E-state index is 13.9. The first-order chi connectivity index (χ1) is 20.0. The van der Waals surface area contributed by atoms with E-state index in [9.17, 15) is 9.59 Å². The Hall–Kier alpha value is -4.92. The summed E-state index contributed by atoms with van der Waals surface area (Å²) in [6.07, 6.45) is 0.894. The fourth-order valence-corrected chi connectivity index (χ4v) is 5.82.